The Morgan fingerprint density at radius 1 is 1.33 bits per heavy atom. The molecule has 2 rings (SSSR count). The largest absolute Gasteiger partial charge is 0.332 e. The second-order valence-corrected chi connectivity index (χ2v) is 6.89. The van der Waals surface area contributed by atoms with Gasteiger partial charge in [0.25, 0.3) is 6.71 Å². The molecule has 0 spiro atoms. The van der Waals surface area contributed by atoms with E-state index in [0.717, 1.165) is 25.2 Å². The van der Waals surface area contributed by atoms with Gasteiger partial charge < -0.3 is 9.79 Å². The summed E-state index contributed by atoms with van der Waals surface area (Å²) in [5.74, 6) is 0.786. The maximum atomic E-state index is 9.16. The highest BCUT2D eigenvalue weighted by atomic mass is 32.7. The van der Waals surface area contributed by atoms with E-state index in [1.807, 2.05) is 0 Å². The summed E-state index contributed by atoms with van der Waals surface area (Å²) in [5, 5.41) is 0. The maximum absolute atomic E-state index is 9.16. The van der Waals surface area contributed by atoms with Crippen molar-refractivity contribution in [3.63, 3.8) is 0 Å². The second-order valence-electron chi connectivity index (χ2n) is 4.01. The minimum Gasteiger partial charge on any atom is -0.332 e. The summed E-state index contributed by atoms with van der Waals surface area (Å²) in [6.07, 6.45) is 5.52. The van der Waals surface area contributed by atoms with E-state index >= 15 is 0 Å². The van der Waals surface area contributed by atoms with E-state index in [-0.39, 0.29) is 5.54 Å². The summed E-state index contributed by atoms with van der Waals surface area (Å²) in [6, 6.07) is 0. The first-order valence-electron chi connectivity index (χ1n) is 4.31. The molecule has 2 aliphatic carbocycles. The molecule has 2 bridgehead atoms. The maximum Gasteiger partial charge on any atom is 0.264 e. The van der Waals surface area contributed by atoms with E-state index in [9.17, 15) is 0 Å². The molecule has 0 aliphatic heterocycles. The van der Waals surface area contributed by atoms with Crippen LogP contribution in [-0.2, 0) is 0 Å². The fourth-order valence-electron chi connectivity index (χ4n) is 2.59. The molecule has 70 valence electrons. The van der Waals surface area contributed by atoms with Crippen molar-refractivity contribution in [3.8, 4) is 0 Å². The molecule has 2 aliphatic rings. The van der Waals surface area contributed by atoms with Gasteiger partial charge in [0.05, 0.1) is 5.54 Å². The molecule has 0 atom stereocenters. The molecule has 0 radical (unpaired) electrons. The third kappa shape index (κ3) is 1.72. The molecule has 12 heavy (non-hydrogen) atoms. The van der Waals surface area contributed by atoms with Crippen LogP contribution in [0.4, 0.5) is 0 Å². The first kappa shape index (κ1) is 9.07. The predicted molar refractivity (Wildman–Crippen MR) is 52.1 cm³/mol. The van der Waals surface area contributed by atoms with Crippen LogP contribution in [0.15, 0.2) is 4.74 Å². The van der Waals surface area contributed by atoms with Gasteiger partial charge in [-0.1, -0.05) is 12.2 Å². The summed E-state index contributed by atoms with van der Waals surface area (Å²) in [7, 11) is 0. The number of hydrogen-bond donors (Lipinski definition) is 3. The molecule has 0 aromatic rings. The van der Waals surface area contributed by atoms with Gasteiger partial charge in [0.2, 0.25) is 0 Å². The van der Waals surface area contributed by atoms with Crippen molar-refractivity contribution in [1.82, 2.24) is 0 Å². The van der Waals surface area contributed by atoms with E-state index < -0.39 is 6.71 Å². The zero-order valence-electron chi connectivity index (χ0n) is 6.85. The monoisotopic (exact) mass is 207 g/mol. The lowest BCUT2D eigenvalue weighted by molar-refractivity contribution is 0.405. The average molecular weight is 207 g/mol. The van der Waals surface area contributed by atoms with Crippen LogP contribution in [0.1, 0.15) is 32.1 Å². The van der Waals surface area contributed by atoms with Crippen molar-refractivity contribution in [2.75, 3.05) is 0 Å². The van der Waals surface area contributed by atoms with Gasteiger partial charge in [-0.2, -0.15) is 0 Å². The number of thiol groups is 1. The van der Waals surface area contributed by atoms with E-state index in [4.69, 9.17) is 9.79 Å². The highest BCUT2D eigenvalue weighted by Crippen LogP contribution is 2.57. The van der Waals surface area contributed by atoms with Gasteiger partial charge in [-0.25, -0.2) is 4.74 Å². The van der Waals surface area contributed by atoms with Gasteiger partial charge in [-0.05, 0) is 38.0 Å². The fraction of sp³-hybridized carbons (Fsp3) is 1.00. The van der Waals surface area contributed by atoms with Crippen molar-refractivity contribution < 1.29 is 9.79 Å². The number of rotatable bonds is 1. The van der Waals surface area contributed by atoms with Gasteiger partial charge in [0, 0.05) is 0 Å². The first-order chi connectivity index (χ1) is 5.49. The van der Waals surface area contributed by atoms with Crippen molar-refractivity contribution in [1.29, 1.82) is 0 Å². The Labute approximate surface area is 77.6 Å². The topological polar surface area (TPSA) is 52.8 Å². The van der Waals surface area contributed by atoms with Crippen LogP contribution in [0.25, 0.3) is 0 Å². The minimum absolute atomic E-state index is 0.107. The summed E-state index contributed by atoms with van der Waals surface area (Å²) in [6.45, 7) is -3.20. The van der Waals surface area contributed by atoms with E-state index in [1.165, 1.54) is 12.8 Å². The Balaban J connectivity index is 2.23. The first-order valence-corrected chi connectivity index (χ1v) is 7.11. The van der Waals surface area contributed by atoms with Crippen LogP contribution in [0.3, 0.4) is 0 Å². The van der Waals surface area contributed by atoms with Crippen LogP contribution in [0.5, 0.6) is 0 Å². The molecule has 3 nitrogen and oxygen atoms in total. The molecule has 0 saturated heterocycles. The Bertz CT molecular complexity index is 234. The molecular formula is C7H14NO2PS. The average Bonchev–Trinajstić information content (AvgIpc) is 2.40. The van der Waals surface area contributed by atoms with Crippen LogP contribution in [0.2, 0.25) is 0 Å². The Morgan fingerprint density at radius 3 is 2.25 bits per heavy atom. The Kier molecular flexibility index (Phi) is 2.07. The molecule has 2 N–H and O–H groups in total. The zero-order valence-corrected chi connectivity index (χ0v) is 8.64. The number of fused-ring (bicyclic) bond motifs is 2. The zero-order chi connectivity index (χ0) is 8.82. The lowest BCUT2D eigenvalue weighted by atomic mass is 9.95. The van der Waals surface area contributed by atoms with E-state index in [1.54, 1.807) is 0 Å². The molecule has 2 saturated carbocycles. The van der Waals surface area contributed by atoms with Gasteiger partial charge in [-0.3, -0.25) is 0 Å². The highest BCUT2D eigenvalue weighted by Gasteiger charge is 2.45. The molecular weight excluding hydrogens is 193 g/mol. The summed E-state index contributed by atoms with van der Waals surface area (Å²) < 4.78 is 4.09. The summed E-state index contributed by atoms with van der Waals surface area (Å²) in [4.78, 5) is 18.3. The SMILES string of the molecule is OP(O)(S)=NC12CCC(CC1)C2. The standard InChI is InChI=1S/C7H14NO2PS/c9-11(10,12)8-7-3-1-6(5-7)2-4-7/h6,9-10,12H,1-5H2. The summed E-state index contributed by atoms with van der Waals surface area (Å²) >= 11 is 3.71. The normalized spacial score (nSPS) is 40.4. The molecule has 2 fully saturated rings. The Morgan fingerprint density at radius 2 is 1.92 bits per heavy atom. The van der Waals surface area contributed by atoms with Gasteiger partial charge >= 0.3 is 0 Å². The number of hydrogen-bond acceptors (Lipinski definition) is 1. The van der Waals surface area contributed by atoms with Crippen LogP contribution in [0, 0.1) is 5.92 Å². The molecule has 0 aromatic heterocycles. The lowest BCUT2D eigenvalue weighted by Crippen LogP contribution is -2.18. The molecule has 0 heterocycles. The molecule has 0 amide bonds. The second kappa shape index (κ2) is 2.74. The van der Waals surface area contributed by atoms with Crippen LogP contribution in [-0.4, -0.2) is 15.3 Å². The summed E-state index contributed by atoms with van der Waals surface area (Å²) in [5.41, 5.74) is -0.107. The quantitative estimate of drug-likeness (QED) is 0.456. The van der Waals surface area contributed by atoms with Crippen molar-refractivity contribution in [2.45, 2.75) is 37.6 Å². The predicted octanol–water partition coefficient (Wildman–Crippen LogP) is 2.18. The van der Waals surface area contributed by atoms with Crippen molar-refractivity contribution in [2.24, 2.45) is 10.7 Å². The van der Waals surface area contributed by atoms with Crippen molar-refractivity contribution >= 4 is 19.0 Å². The molecule has 5 heteroatoms. The van der Waals surface area contributed by atoms with Crippen LogP contribution < -0.4 is 0 Å². The molecule has 0 aromatic carbocycles. The van der Waals surface area contributed by atoms with Gasteiger partial charge in [-0.15, -0.1) is 0 Å². The highest BCUT2D eigenvalue weighted by molar-refractivity contribution is 8.44. The number of nitrogens with zero attached hydrogens (tertiary/aromatic N) is 1. The van der Waals surface area contributed by atoms with E-state index in [2.05, 4.69) is 17.0 Å². The minimum atomic E-state index is -3.20. The van der Waals surface area contributed by atoms with Crippen LogP contribution >= 0.6 is 19.0 Å². The van der Waals surface area contributed by atoms with Crippen molar-refractivity contribution in [3.05, 3.63) is 0 Å². The van der Waals surface area contributed by atoms with Gasteiger partial charge in [0.1, 0.15) is 0 Å². The third-order valence-electron chi connectivity index (χ3n) is 3.05. The van der Waals surface area contributed by atoms with E-state index in [0.29, 0.717) is 0 Å². The molecule has 0 unspecified atom stereocenters. The lowest BCUT2D eigenvalue weighted by Gasteiger charge is -2.23. The third-order valence-corrected chi connectivity index (χ3v) is 4.01. The van der Waals surface area contributed by atoms with Gasteiger partial charge in [0.15, 0.2) is 0 Å². The smallest absolute Gasteiger partial charge is 0.264 e. The Hall–Kier alpha value is 0.500. The fourth-order valence-corrected chi connectivity index (χ4v) is 4.01.